The number of nitrogens with zero attached hydrogens (tertiary/aromatic N) is 9. The fourth-order valence-corrected chi connectivity index (χ4v) is 6.57. The summed E-state index contributed by atoms with van der Waals surface area (Å²) in [5.74, 6) is -2.22. The molecule has 0 fully saturated rings. The molecular formula is C60H63N9O6Pt3S6. The Balaban J connectivity index is -0.000000946. The van der Waals surface area contributed by atoms with Crippen LogP contribution in [-0.4, -0.2) is 67.6 Å². The smallest absolute Gasteiger partial charge is 0.806 e. The van der Waals surface area contributed by atoms with Gasteiger partial charge in [0.15, 0.2) is 0 Å². The monoisotopic (exact) mass is 1780 g/mol. The summed E-state index contributed by atoms with van der Waals surface area (Å²) in [7, 11) is 0. The van der Waals surface area contributed by atoms with Crippen LogP contribution in [0.4, 0.5) is 0 Å². The molecule has 0 unspecified atom stereocenters. The molecule has 24 heteroatoms. The van der Waals surface area contributed by atoms with E-state index in [1.54, 1.807) is 39.0 Å². The van der Waals surface area contributed by atoms with Gasteiger partial charge in [0.25, 0.3) is 0 Å². The molecule has 84 heavy (non-hydrogen) atoms. The Morgan fingerprint density at radius 1 is 0.405 bits per heavy atom. The number of hydrogen-bond donors (Lipinski definition) is 0. The Morgan fingerprint density at radius 3 is 0.869 bits per heavy atom. The van der Waals surface area contributed by atoms with Gasteiger partial charge >= 0.3 is 81.1 Å². The van der Waals surface area contributed by atoms with Gasteiger partial charge in [-0.05, 0) is 153 Å². The molecule has 0 saturated heterocycles. The van der Waals surface area contributed by atoms with E-state index in [0.29, 0.717) is 0 Å². The summed E-state index contributed by atoms with van der Waals surface area (Å²) < 4.78 is 13.1. The number of carbonyl (C=O) groups is 3. The van der Waals surface area contributed by atoms with E-state index in [2.05, 4.69) is 200 Å². The zero-order valence-corrected chi connectivity index (χ0v) is 60.1. The summed E-state index contributed by atoms with van der Waals surface area (Å²) in [6.45, 7) is 27.0. The van der Waals surface area contributed by atoms with Gasteiger partial charge in [-0.1, -0.05) is 53.7 Å². The number of nitriles is 3. The van der Waals surface area contributed by atoms with Crippen LogP contribution in [0, 0.1) is 61.7 Å². The van der Waals surface area contributed by atoms with Gasteiger partial charge in [0, 0.05) is 37.2 Å². The van der Waals surface area contributed by atoms with Crippen molar-refractivity contribution in [1.82, 2.24) is 29.9 Å². The quantitative estimate of drug-likeness (QED) is 0.0431. The van der Waals surface area contributed by atoms with Gasteiger partial charge in [-0.15, -0.1) is 0 Å². The average Bonchev–Trinajstić information content (AvgIpc) is 3.49. The SMILES string of the molecule is CC(C)(C)c1ccnc(-c2cc(C(C)(C)C)ccn2)c1.CCOC(=O)C(C#N)=C([S-])[S-].CCOC(=O)C(C#N)=C([S-])[S-].CCOC(=O)C(C#N)=C([S-])[S-].Cc1ccc(-c2ccc(C)cn2)nc1.Cc1ccnc(-c2cc(C)ccn2)c1.[Pt+2].[Pt+2].[Pt+2]. The van der Waals surface area contributed by atoms with Crippen LogP contribution in [0.25, 0.3) is 34.2 Å². The van der Waals surface area contributed by atoms with Crippen LogP contribution < -0.4 is 0 Å². The first-order chi connectivity index (χ1) is 38.1. The molecular weight excluding hydrogens is 1720 g/mol. The molecule has 15 nitrogen and oxygen atoms in total. The molecule has 6 rings (SSSR count). The topological polar surface area (TPSA) is 228 Å². The molecule has 0 saturated carbocycles. The van der Waals surface area contributed by atoms with E-state index in [0.717, 1.165) is 34.2 Å². The van der Waals surface area contributed by atoms with Gasteiger partial charge in [0.2, 0.25) is 0 Å². The second-order valence-electron chi connectivity index (χ2n) is 18.7. The molecule has 6 aromatic rings. The number of aromatic nitrogens is 6. The van der Waals surface area contributed by atoms with Crippen molar-refractivity contribution in [3.8, 4) is 52.4 Å². The van der Waals surface area contributed by atoms with E-state index in [1.165, 1.54) is 33.4 Å². The fourth-order valence-electron chi connectivity index (χ4n) is 5.80. The normalized spacial score (nSPS) is 9.50. The number of hydrogen-bond acceptors (Lipinski definition) is 21. The van der Waals surface area contributed by atoms with E-state index in [1.807, 2.05) is 99.6 Å². The van der Waals surface area contributed by atoms with E-state index < -0.39 is 17.9 Å². The first-order valence-corrected chi connectivity index (χ1v) is 27.1. The molecule has 0 amide bonds. The van der Waals surface area contributed by atoms with Gasteiger partial charge in [-0.25, -0.2) is 14.4 Å². The van der Waals surface area contributed by atoms with Crippen molar-refractivity contribution in [1.29, 1.82) is 15.8 Å². The molecule has 0 aliphatic heterocycles. The maximum atomic E-state index is 10.8. The van der Waals surface area contributed by atoms with Crippen LogP contribution in [0.5, 0.6) is 0 Å². The third-order valence-corrected chi connectivity index (χ3v) is 11.3. The third kappa shape index (κ3) is 31.5. The number of rotatable bonds is 9. The first kappa shape index (κ1) is 82.6. The van der Waals surface area contributed by atoms with E-state index in [4.69, 9.17) is 15.8 Å². The maximum Gasteiger partial charge on any atom is 2.00 e. The molecule has 0 bridgehead atoms. The Morgan fingerprint density at radius 2 is 0.667 bits per heavy atom. The van der Waals surface area contributed by atoms with Crippen molar-refractivity contribution in [3.05, 3.63) is 173 Å². The van der Waals surface area contributed by atoms with Crippen molar-refractivity contribution in [2.75, 3.05) is 19.8 Å². The minimum atomic E-state index is -0.741. The van der Waals surface area contributed by atoms with Gasteiger partial charge in [-0.2, -0.15) is 15.8 Å². The number of aryl methyl sites for hydroxylation is 4. The molecule has 0 aliphatic carbocycles. The van der Waals surface area contributed by atoms with Crippen molar-refractivity contribution >= 4 is 93.7 Å². The van der Waals surface area contributed by atoms with Gasteiger partial charge in [-0.3, -0.25) is 29.9 Å². The minimum Gasteiger partial charge on any atom is -0.806 e. The third-order valence-electron chi connectivity index (χ3n) is 10.1. The average molecular weight is 1780 g/mol. The van der Waals surface area contributed by atoms with Crippen LogP contribution in [0.2, 0.25) is 0 Å². The molecule has 0 aromatic carbocycles. The van der Waals surface area contributed by atoms with Crippen LogP contribution in [-0.2, 0) is 178 Å². The Labute approximate surface area is 571 Å². The summed E-state index contributed by atoms with van der Waals surface area (Å²) in [6, 6.07) is 29.3. The van der Waals surface area contributed by atoms with Gasteiger partial charge < -0.3 is 103 Å². The summed E-state index contributed by atoms with van der Waals surface area (Å²) in [6.07, 6.45) is 11.1. The maximum absolute atomic E-state index is 10.8. The van der Waals surface area contributed by atoms with E-state index >= 15 is 0 Å². The molecule has 0 radical (unpaired) electrons. The minimum absolute atomic E-state index is 0. The second kappa shape index (κ2) is 43.1. The van der Waals surface area contributed by atoms with Crippen LogP contribution in [0.3, 0.4) is 0 Å². The van der Waals surface area contributed by atoms with Gasteiger partial charge in [0.05, 0.1) is 70.7 Å². The van der Waals surface area contributed by atoms with E-state index in [9.17, 15) is 14.4 Å². The Bertz CT molecular complexity index is 3010. The Hall–Kier alpha value is -5.62. The largest absolute Gasteiger partial charge is 2.00 e. The zero-order valence-electron chi connectivity index (χ0n) is 48.4. The first-order valence-electron chi connectivity index (χ1n) is 24.7. The molecule has 6 aromatic heterocycles. The predicted molar refractivity (Wildman–Crippen MR) is 331 cm³/mol. The summed E-state index contributed by atoms with van der Waals surface area (Å²) >= 11 is 26.8. The molecule has 0 aliphatic rings. The zero-order chi connectivity index (χ0) is 61.5. The predicted octanol–water partition coefficient (Wildman–Crippen LogP) is 11.4. The summed E-state index contributed by atoms with van der Waals surface area (Å²) in [5, 5.41) is 25.1. The van der Waals surface area contributed by atoms with Gasteiger partial charge in [0.1, 0.15) is 18.2 Å². The van der Waals surface area contributed by atoms with Crippen molar-refractivity contribution in [2.24, 2.45) is 0 Å². The summed E-state index contributed by atoms with van der Waals surface area (Å²) in [4.78, 5) is 58.5. The number of ether oxygens (including phenoxy) is 3. The van der Waals surface area contributed by atoms with Crippen molar-refractivity contribution in [3.63, 3.8) is 0 Å². The van der Waals surface area contributed by atoms with Crippen molar-refractivity contribution in [2.45, 2.75) is 101 Å². The molecule has 0 N–H and O–H groups in total. The Kier molecular flexibility index (Phi) is 42.4. The number of pyridine rings is 6. The standard InChI is InChI=1S/C18H24N2.2C12H12N2.3C6H7NO2S2.3Pt/c1-17(2,3)13-7-9-19-15(11-13)16-12-14(8-10-20-16)18(4,5)6;1-9-3-5-13-11(7-9)12-8-10(2)4-6-14-12;1-9-3-5-11(13-7-9)12-6-4-10(2)8-14-12;3*1-2-9-5(8)4(3-7)6(10)11;;;/h7-12H,1-6H3;2*3-8H,1-2H3;3*10-11H,2H2,1H3;;;/q;;;;;;3*+2/p-6. The fraction of sp³-hybridized carbons (Fsp3) is 0.300. The summed E-state index contributed by atoms with van der Waals surface area (Å²) in [5.41, 5.74) is 12.4. The van der Waals surface area contributed by atoms with Crippen molar-refractivity contribution < 1.29 is 91.8 Å². The van der Waals surface area contributed by atoms with Crippen LogP contribution in [0.15, 0.2) is 139 Å². The van der Waals surface area contributed by atoms with Crippen LogP contribution >= 0.6 is 0 Å². The second-order valence-corrected chi connectivity index (χ2v) is 21.9. The van der Waals surface area contributed by atoms with E-state index in [-0.39, 0.29) is 123 Å². The molecule has 450 valence electrons. The molecule has 0 spiro atoms. The molecule has 0 atom stereocenters. The number of esters is 3. The van der Waals surface area contributed by atoms with Crippen LogP contribution in [0.1, 0.15) is 95.7 Å². The number of carbonyl (C=O) groups excluding carboxylic acids is 3. The molecule has 6 heterocycles.